The molecule has 0 radical (unpaired) electrons. The Kier molecular flexibility index (Phi) is 3.09. The summed E-state index contributed by atoms with van der Waals surface area (Å²) in [6, 6.07) is 7.67. The van der Waals surface area contributed by atoms with Crippen LogP contribution in [0.1, 0.15) is 31.5 Å². The fourth-order valence-electron chi connectivity index (χ4n) is 2.05. The molecule has 1 heterocycles. The molecule has 0 unspecified atom stereocenters. The van der Waals surface area contributed by atoms with Crippen LogP contribution in [0.25, 0.3) is 10.9 Å². The summed E-state index contributed by atoms with van der Waals surface area (Å²) in [7, 11) is 0. The number of pyridine rings is 1. The van der Waals surface area contributed by atoms with E-state index in [-0.39, 0.29) is 5.43 Å². The zero-order chi connectivity index (χ0) is 11.5. The predicted octanol–water partition coefficient (Wildman–Crippen LogP) is 3.04. The van der Waals surface area contributed by atoms with Crippen molar-refractivity contribution in [3.05, 3.63) is 45.7 Å². The third-order valence-electron chi connectivity index (χ3n) is 2.91. The number of nitrogens with one attached hydrogen (secondary N) is 1. The second kappa shape index (κ2) is 4.52. The van der Waals surface area contributed by atoms with E-state index in [1.54, 1.807) is 6.07 Å². The number of fused-ring (bicyclic) bond motifs is 1. The first-order valence-corrected chi connectivity index (χ1v) is 5.90. The normalized spacial score (nSPS) is 10.9. The largest absolute Gasteiger partial charge is 0.358 e. The van der Waals surface area contributed by atoms with Gasteiger partial charge < -0.3 is 4.98 Å². The molecule has 0 aliphatic carbocycles. The van der Waals surface area contributed by atoms with Crippen molar-refractivity contribution in [1.29, 1.82) is 0 Å². The number of benzene rings is 1. The van der Waals surface area contributed by atoms with E-state index in [1.807, 2.05) is 12.1 Å². The van der Waals surface area contributed by atoms with Crippen molar-refractivity contribution in [3.8, 4) is 0 Å². The van der Waals surface area contributed by atoms with Crippen molar-refractivity contribution in [3.63, 3.8) is 0 Å². The van der Waals surface area contributed by atoms with Gasteiger partial charge in [-0.2, -0.15) is 0 Å². The van der Waals surface area contributed by atoms with Gasteiger partial charge in [0.05, 0.1) is 5.52 Å². The monoisotopic (exact) mass is 215 g/mol. The van der Waals surface area contributed by atoms with Crippen molar-refractivity contribution in [1.82, 2.24) is 4.98 Å². The molecule has 0 aliphatic heterocycles. The molecule has 0 aliphatic rings. The molecular formula is C14H17NO. The number of rotatable bonds is 3. The Morgan fingerprint density at radius 3 is 2.75 bits per heavy atom. The zero-order valence-corrected chi connectivity index (χ0v) is 9.84. The third-order valence-corrected chi connectivity index (χ3v) is 2.91. The Labute approximate surface area is 95.3 Å². The standard InChI is InChI=1S/C14H17NO/c1-3-6-10-7-5-8-12-13(16)9-11(4-2)15-14(10)12/h5,7-9H,3-4,6H2,1-2H3,(H,15,16). The molecule has 0 atom stereocenters. The predicted molar refractivity (Wildman–Crippen MR) is 67.9 cm³/mol. The van der Waals surface area contributed by atoms with Crippen molar-refractivity contribution in [2.24, 2.45) is 0 Å². The molecule has 0 spiro atoms. The highest BCUT2D eigenvalue weighted by Gasteiger charge is 2.04. The molecule has 0 saturated carbocycles. The van der Waals surface area contributed by atoms with E-state index in [2.05, 4.69) is 24.9 Å². The van der Waals surface area contributed by atoms with Crippen LogP contribution < -0.4 is 5.43 Å². The van der Waals surface area contributed by atoms with Crippen molar-refractivity contribution >= 4 is 10.9 Å². The molecular weight excluding hydrogens is 198 g/mol. The van der Waals surface area contributed by atoms with E-state index in [1.165, 1.54) is 5.56 Å². The lowest BCUT2D eigenvalue weighted by Crippen LogP contribution is -2.06. The zero-order valence-electron chi connectivity index (χ0n) is 9.84. The van der Waals surface area contributed by atoms with E-state index in [0.717, 1.165) is 35.9 Å². The molecule has 1 aromatic heterocycles. The van der Waals surface area contributed by atoms with Crippen LogP contribution in [0.5, 0.6) is 0 Å². The number of hydrogen-bond donors (Lipinski definition) is 1. The molecule has 0 amide bonds. The fourth-order valence-corrected chi connectivity index (χ4v) is 2.05. The van der Waals surface area contributed by atoms with Gasteiger partial charge in [-0.15, -0.1) is 0 Å². The van der Waals surface area contributed by atoms with Gasteiger partial charge in [-0.3, -0.25) is 4.79 Å². The number of aromatic amines is 1. The van der Waals surface area contributed by atoms with Gasteiger partial charge in [0.15, 0.2) is 5.43 Å². The molecule has 2 heteroatoms. The Morgan fingerprint density at radius 1 is 1.25 bits per heavy atom. The number of aryl methyl sites for hydroxylation is 2. The lowest BCUT2D eigenvalue weighted by Gasteiger charge is -2.07. The minimum Gasteiger partial charge on any atom is -0.358 e. The summed E-state index contributed by atoms with van der Waals surface area (Å²) in [5.41, 5.74) is 3.41. The number of aromatic nitrogens is 1. The molecule has 1 aromatic carbocycles. The summed E-state index contributed by atoms with van der Waals surface area (Å²) in [6.45, 7) is 4.21. The van der Waals surface area contributed by atoms with Gasteiger partial charge in [-0.1, -0.05) is 32.4 Å². The average Bonchev–Trinajstić information content (AvgIpc) is 2.30. The molecule has 1 N–H and O–H groups in total. The maximum atomic E-state index is 11.9. The molecule has 84 valence electrons. The van der Waals surface area contributed by atoms with E-state index in [4.69, 9.17) is 0 Å². The smallest absolute Gasteiger partial charge is 0.189 e. The molecule has 2 rings (SSSR count). The quantitative estimate of drug-likeness (QED) is 0.838. The third kappa shape index (κ3) is 1.87. The van der Waals surface area contributed by atoms with Crippen molar-refractivity contribution < 1.29 is 0 Å². The van der Waals surface area contributed by atoms with Gasteiger partial charge in [-0.25, -0.2) is 0 Å². The van der Waals surface area contributed by atoms with Crippen LogP contribution in [-0.4, -0.2) is 4.98 Å². The van der Waals surface area contributed by atoms with Crippen molar-refractivity contribution in [2.45, 2.75) is 33.1 Å². The molecule has 0 bridgehead atoms. The first-order chi connectivity index (χ1) is 7.76. The SMILES string of the molecule is CCCc1cccc2c(=O)cc(CC)[nH]c12. The maximum absolute atomic E-state index is 11.9. The van der Waals surface area contributed by atoms with Crippen LogP contribution in [-0.2, 0) is 12.8 Å². The Hall–Kier alpha value is -1.57. The van der Waals surface area contributed by atoms with Crippen LogP contribution in [0, 0.1) is 0 Å². The molecule has 2 nitrogen and oxygen atoms in total. The Bertz CT molecular complexity index is 554. The number of hydrogen-bond acceptors (Lipinski definition) is 1. The molecule has 16 heavy (non-hydrogen) atoms. The molecule has 2 aromatic rings. The number of H-pyrrole nitrogens is 1. The fraction of sp³-hybridized carbons (Fsp3) is 0.357. The van der Waals surface area contributed by atoms with Crippen LogP contribution >= 0.6 is 0 Å². The van der Waals surface area contributed by atoms with Gasteiger partial charge in [0.25, 0.3) is 0 Å². The summed E-state index contributed by atoms with van der Waals surface area (Å²) >= 11 is 0. The van der Waals surface area contributed by atoms with Crippen molar-refractivity contribution in [2.75, 3.05) is 0 Å². The van der Waals surface area contributed by atoms with E-state index in [0.29, 0.717) is 0 Å². The van der Waals surface area contributed by atoms with Gasteiger partial charge in [-0.05, 0) is 24.5 Å². The average molecular weight is 215 g/mol. The first kappa shape index (κ1) is 10.9. The van der Waals surface area contributed by atoms with Crippen LogP contribution in [0.2, 0.25) is 0 Å². The summed E-state index contributed by atoms with van der Waals surface area (Å²) < 4.78 is 0. The maximum Gasteiger partial charge on any atom is 0.189 e. The Morgan fingerprint density at radius 2 is 2.06 bits per heavy atom. The summed E-state index contributed by atoms with van der Waals surface area (Å²) in [5.74, 6) is 0. The van der Waals surface area contributed by atoms with E-state index in [9.17, 15) is 4.79 Å². The highest BCUT2D eigenvalue weighted by Crippen LogP contribution is 2.15. The minimum absolute atomic E-state index is 0.128. The first-order valence-electron chi connectivity index (χ1n) is 5.90. The van der Waals surface area contributed by atoms with Crippen LogP contribution in [0.3, 0.4) is 0 Å². The minimum atomic E-state index is 0.128. The highest BCUT2D eigenvalue weighted by molar-refractivity contribution is 5.81. The van der Waals surface area contributed by atoms with E-state index < -0.39 is 0 Å². The second-order valence-electron chi connectivity index (χ2n) is 4.10. The molecule has 0 saturated heterocycles. The summed E-state index contributed by atoms with van der Waals surface area (Å²) in [4.78, 5) is 15.3. The van der Waals surface area contributed by atoms with Gasteiger partial charge in [0, 0.05) is 17.1 Å². The summed E-state index contributed by atoms with van der Waals surface area (Å²) in [5, 5.41) is 0.808. The van der Waals surface area contributed by atoms with Crippen LogP contribution in [0.15, 0.2) is 29.1 Å². The lowest BCUT2D eigenvalue weighted by atomic mass is 10.0. The second-order valence-corrected chi connectivity index (χ2v) is 4.10. The number of para-hydroxylation sites is 1. The topological polar surface area (TPSA) is 32.9 Å². The van der Waals surface area contributed by atoms with Crippen LogP contribution in [0.4, 0.5) is 0 Å². The lowest BCUT2D eigenvalue weighted by molar-refractivity contribution is 0.923. The van der Waals surface area contributed by atoms with E-state index >= 15 is 0 Å². The molecule has 0 fully saturated rings. The van der Waals surface area contributed by atoms with Gasteiger partial charge >= 0.3 is 0 Å². The van der Waals surface area contributed by atoms with Gasteiger partial charge in [0.2, 0.25) is 0 Å². The van der Waals surface area contributed by atoms with Gasteiger partial charge in [0.1, 0.15) is 0 Å². The highest BCUT2D eigenvalue weighted by atomic mass is 16.1. The Balaban J connectivity index is 2.74. The summed E-state index contributed by atoms with van der Waals surface area (Å²) in [6.07, 6.45) is 2.98.